The second-order valence-electron chi connectivity index (χ2n) is 6.32. The first-order chi connectivity index (χ1) is 8.75. The van der Waals surface area contributed by atoms with Crippen LogP contribution < -0.4 is 10.0 Å². The lowest BCUT2D eigenvalue weighted by atomic mass is 10.0. The molecule has 1 aliphatic rings. The monoisotopic (exact) mass is 282 g/mol. The van der Waals surface area contributed by atoms with Gasteiger partial charge < -0.3 is 5.32 Å². The largest absolute Gasteiger partial charge is 0.385 e. The highest BCUT2D eigenvalue weighted by Crippen LogP contribution is 2.26. The van der Waals surface area contributed by atoms with E-state index in [2.05, 4.69) is 10.0 Å². The van der Waals surface area contributed by atoms with Crippen LogP contribution in [0.5, 0.6) is 0 Å². The maximum Gasteiger partial charge on any atom is 0.233 e. The SMILES string of the molecule is CC(C)(C)CS(=O)(=O)Nc1ccc2c(c1)CCCN2. The summed E-state index contributed by atoms with van der Waals surface area (Å²) >= 11 is 0. The number of fused-ring (bicyclic) bond motifs is 1. The normalized spacial score (nSPS) is 15.5. The first-order valence-corrected chi connectivity index (χ1v) is 8.28. The molecule has 0 saturated heterocycles. The van der Waals surface area contributed by atoms with Crippen molar-refractivity contribution in [2.75, 3.05) is 22.3 Å². The van der Waals surface area contributed by atoms with Crippen molar-refractivity contribution in [1.82, 2.24) is 0 Å². The van der Waals surface area contributed by atoms with E-state index in [0.29, 0.717) is 5.69 Å². The van der Waals surface area contributed by atoms with Gasteiger partial charge in [-0.2, -0.15) is 0 Å². The molecule has 0 aliphatic carbocycles. The van der Waals surface area contributed by atoms with Gasteiger partial charge in [0, 0.05) is 17.9 Å². The number of hydrogen-bond donors (Lipinski definition) is 2. The molecule has 2 rings (SSSR count). The Hall–Kier alpha value is -1.23. The molecule has 4 nitrogen and oxygen atoms in total. The lowest BCUT2D eigenvalue weighted by molar-refractivity contribution is 0.463. The zero-order chi connectivity index (χ0) is 14.1. The summed E-state index contributed by atoms with van der Waals surface area (Å²) < 4.78 is 26.8. The van der Waals surface area contributed by atoms with Gasteiger partial charge in [0.25, 0.3) is 0 Å². The molecule has 1 heterocycles. The Bertz CT molecular complexity index is 559. The summed E-state index contributed by atoms with van der Waals surface area (Å²) in [6, 6.07) is 5.70. The third kappa shape index (κ3) is 4.13. The van der Waals surface area contributed by atoms with Crippen molar-refractivity contribution in [3.05, 3.63) is 23.8 Å². The molecule has 1 aromatic carbocycles. The van der Waals surface area contributed by atoms with Crippen molar-refractivity contribution < 1.29 is 8.42 Å². The minimum atomic E-state index is -3.29. The Morgan fingerprint density at radius 2 is 2.05 bits per heavy atom. The van der Waals surface area contributed by atoms with E-state index in [1.807, 2.05) is 39.0 Å². The van der Waals surface area contributed by atoms with Gasteiger partial charge in [0.15, 0.2) is 0 Å². The van der Waals surface area contributed by atoms with Gasteiger partial charge in [0.2, 0.25) is 10.0 Å². The van der Waals surface area contributed by atoms with Crippen LogP contribution in [-0.2, 0) is 16.4 Å². The Labute approximate surface area is 115 Å². The van der Waals surface area contributed by atoms with Crippen LogP contribution in [-0.4, -0.2) is 20.7 Å². The molecule has 19 heavy (non-hydrogen) atoms. The Morgan fingerprint density at radius 3 is 2.74 bits per heavy atom. The molecule has 0 radical (unpaired) electrons. The Kier molecular flexibility index (Phi) is 3.76. The van der Waals surface area contributed by atoms with Crippen LogP contribution in [0.15, 0.2) is 18.2 Å². The van der Waals surface area contributed by atoms with Crippen LogP contribution >= 0.6 is 0 Å². The summed E-state index contributed by atoms with van der Waals surface area (Å²) in [4.78, 5) is 0. The molecule has 0 fully saturated rings. The average molecular weight is 282 g/mol. The minimum absolute atomic E-state index is 0.120. The van der Waals surface area contributed by atoms with Gasteiger partial charge in [-0.1, -0.05) is 20.8 Å². The maximum atomic E-state index is 12.1. The van der Waals surface area contributed by atoms with Gasteiger partial charge in [0.05, 0.1) is 5.75 Å². The molecule has 0 unspecified atom stereocenters. The molecule has 0 atom stereocenters. The average Bonchev–Trinajstić information content (AvgIpc) is 2.24. The maximum absolute atomic E-state index is 12.1. The fourth-order valence-corrected chi connectivity index (χ4v) is 4.02. The fraction of sp³-hybridized carbons (Fsp3) is 0.571. The Morgan fingerprint density at radius 1 is 1.32 bits per heavy atom. The molecule has 2 N–H and O–H groups in total. The topological polar surface area (TPSA) is 58.2 Å². The number of sulfonamides is 1. The highest BCUT2D eigenvalue weighted by atomic mass is 32.2. The molecular formula is C14H22N2O2S. The third-order valence-corrected chi connectivity index (χ3v) is 4.73. The quantitative estimate of drug-likeness (QED) is 0.896. The van der Waals surface area contributed by atoms with E-state index in [-0.39, 0.29) is 11.2 Å². The van der Waals surface area contributed by atoms with Crippen LogP contribution in [0.4, 0.5) is 11.4 Å². The molecule has 5 heteroatoms. The van der Waals surface area contributed by atoms with Gasteiger partial charge >= 0.3 is 0 Å². The van der Waals surface area contributed by atoms with Crippen LogP contribution in [0.25, 0.3) is 0 Å². The van der Waals surface area contributed by atoms with Crippen LogP contribution in [0.3, 0.4) is 0 Å². The molecule has 0 spiro atoms. The first-order valence-electron chi connectivity index (χ1n) is 6.62. The van der Waals surface area contributed by atoms with E-state index in [4.69, 9.17) is 0 Å². The van der Waals surface area contributed by atoms with Gasteiger partial charge in [-0.25, -0.2) is 8.42 Å². The van der Waals surface area contributed by atoms with Crippen LogP contribution in [0.2, 0.25) is 0 Å². The number of rotatable bonds is 3. The zero-order valence-corrected chi connectivity index (χ0v) is 12.6. The van der Waals surface area contributed by atoms with Crippen LogP contribution in [0.1, 0.15) is 32.8 Å². The number of nitrogens with one attached hydrogen (secondary N) is 2. The van der Waals surface area contributed by atoms with E-state index >= 15 is 0 Å². The highest BCUT2D eigenvalue weighted by Gasteiger charge is 2.21. The predicted molar refractivity (Wildman–Crippen MR) is 80.1 cm³/mol. The van der Waals surface area contributed by atoms with Gasteiger partial charge in [-0.3, -0.25) is 4.72 Å². The van der Waals surface area contributed by atoms with Crippen molar-refractivity contribution in [3.8, 4) is 0 Å². The van der Waals surface area contributed by atoms with E-state index in [9.17, 15) is 8.42 Å². The summed E-state index contributed by atoms with van der Waals surface area (Å²) in [6.45, 7) is 6.75. The molecule has 106 valence electrons. The molecular weight excluding hydrogens is 260 g/mol. The second kappa shape index (κ2) is 5.04. The number of hydrogen-bond acceptors (Lipinski definition) is 3. The second-order valence-corrected chi connectivity index (χ2v) is 8.05. The van der Waals surface area contributed by atoms with Gasteiger partial charge in [-0.05, 0) is 42.0 Å². The van der Waals surface area contributed by atoms with Crippen LogP contribution in [0, 0.1) is 5.41 Å². The van der Waals surface area contributed by atoms with Crippen molar-refractivity contribution in [3.63, 3.8) is 0 Å². The van der Waals surface area contributed by atoms with E-state index in [1.54, 1.807) is 0 Å². The molecule has 0 amide bonds. The van der Waals surface area contributed by atoms with Gasteiger partial charge in [0.1, 0.15) is 0 Å². The summed E-state index contributed by atoms with van der Waals surface area (Å²) in [5, 5.41) is 3.31. The Balaban J connectivity index is 2.15. The summed E-state index contributed by atoms with van der Waals surface area (Å²) in [5.74, 6) is 0.120. The standard InChI is InChI=1S/C14H22N2O2S/c1-14(2,3)10-19(17,18)16-12-6-7-13-11(9-12)5-4-8-15-13/h6-7,9,15-16H,4-5,8,10H2,1-3H3. The minimum Gasteiger partial charge on any atom is -0.385 e. The summed E-state index contributed by atoms with van der Waals surface area (Å²) in [6.07, 6.45) is 2.09. The summed E-state index contributed by atoms with van der Waals surface area (Å²) in [7, 11) is -3.29. The summed E-state index contributed by atoms with van der Waals surface area (Å²) in [5.41, 5.74) is 2.71. The molecule has 1 aliphatic heterocycles. The fourth-order valence-electron chi connectivity index (χ4n) is 2.32. The number of anilines is 2. The predicted octanol–water partition coefficient (Wildman–Crippen LogP) is 2.83. The van der Waals surface area contributed by atoms with E-state index in [0.717, 1.165) is 25.1 Å². The molecule has 1 aromatic rings. The highest BCUT2D eigenvalue weighted by molar-refractivity contribution is 7.92. The lowest BCUT2D eigenvalue weighted by Crippen LogP contribution is -2.26. The van der Waals surface area contributed by atoms with Crippen molar-refractivity contribution in [1.29, 1.82) is 0 Å². The molecule has 0 aromatic heterocycles. The van der Waals surface area contributed by atoms with E-state index < -0.39 is 10.0 Å². The van der Waals surface area contributed by atoms with Crippen molar-refractivity contribution in [2.45, 2.75) is 33.6 Å². The lowest BCUT2D eigenvalue weighted by Gasteiger charge is -2.21. The third-order valence-electron chi connectivity index (χ3n) is 2.94. The molecule has 0 bridgehead atoms. The zero-order valence-electron chi connectivity index (χ0n) is 11.8. The van der Waals surface area contributed by atoms with Crippen molar-refractivity contribution in [2.24, 2.45) is 5.41 Å². The molecule has 0 saturated carbocycles. The van der Waals surface area contributed by atoms with Crippen molar-refractivity contribution >= 4 is 21.4 Å². The number of benzene rings is 1. The van der Waals surface area contributed by atoms with Gasteiger partial charge in [-0.15, -0.1) is 0 Å². The van der Waals surface area contributed by atoms with E-state index in [1.165, 1.54) is 5.56 Å². The number of aryl methyl sites for hydroxylation is 1. The first kappa shape index (κ1) is 14.2. The smallest absolute Gasteiger partial charge is 0.233 e.